The van der Waals surface area contributed by atoms with Crippen molar-refractivity contribution in [2.45, 2.75) is 32.0 Å². The van der Waals surface area contributed by atoms with Gasteiger partial charge in [-0.25, -0.2) is 0 Å². The molecule has 0 fully saturated rings. The van der Waals surface area contributed by atoms with Crippen LogP contribution in [0.25, 0.3) is 10.9 Å². The van der Waals surface area contributed by atoms with Crippen molar-refractivity contribution in [3.8, 4) is 0 Å². The standard InChI is InChI=1S/C20H21ClN4O2.2ClH/c1-20(2,24-12-13-3-6-15(7-4-13)25(26)27)19(22)17-9-10-23-18-11-14(21)5-8-16(17)18;;/h3-11,19,24H,12,22H2,1-2H3;2*1H. The highest BCUT2D eigenvalue weighted by Gasteiger charge is 2.28. The normalized spacial score (nSPS) is 12.0. The van der Waals surface area contributed by atoms with Crippen LogP contribution in [-0.4, -0.2) is 15.4 Å². The van der Waals surface area contributed by atoms with E-state index < -0.39 is 10.5 Å². The first kappa shape index (κ1) is 25.1. The molecule has 0 saturated carbocycles. The molecule has 2 aromatic carbocycles. The number of nitro benzene ring substituents is 1. The number of benzene rings is 2. The van der Waals surface area contributed by atoms with Gasteiger partial charge in [-0.2, -0.15) is 0 Å². The molecule has 3 aromatic rings. The first-order chi connectivity index (χ1) is 12.8. The van der Waals surface area contributed by atoms with Crippen LogP contribution in [0.5, 0.6) is 0 Å². The van der Waals surface area contributed by atoms with Crippen molar-refractivity contribution in [2.75, 3.05) is 0 Å². The Hall–Kier alpha value is -1.96. The maximum absolute atomic E-state index is 10.8. The second-order valence-corrected chi connectivity index (χ2v) is 7.47. The number of hydrogen-bond donors (Lipinski definition) is 2. The van der Waals surface area contributed by atoms with Crippen molar-refractivity contribution in [1.82, 2.24) is 10.3 Å². The maximum atomic E-state index is 10.8. The third-order valence-corrected chi connectivity index (χ3v) is 4.98. The third kappa shape index (κ3) is 5.78. The predicted octanol–water partition coefficient (Wildman–Crippen LogP) is 5.21. The van der Waals surface area contributed by atoms with Crippen molar-refractivity contribution >= 4 is 53.0 Å². The highest BCUT2D eigenvalue weighted by Crippen LogP contribution is 2.30. The number of pyridine rings is 1. The molecule has 0 amide bonds. The number of hydrogen-bond acceptors (Lipinski definition) is 5. The average molecular weight is 458 g/mol. The van der Waals surface area contributed by atoms with Crippen LogP contribution in [-0.2, 0) is 6.54 Å². The highest BCUT2D eigenvalue weighted by molar-refractivity contribution is 6.31. The first-order valence-electron chi connectivity index (χ1n) is 8.56. The first-order valence-corrected chi connectivity index (χ1v) is 8.94. The Labute approximate surface area is 186 Å². The summed E-state index contributed by atoms with van der Waals surface area (Å²) in [6.07, 6.45) is 1.74. The minimum absolute atomic E-state index is 0. The minimum Gasteiger partial charge on any atom is -0.322 e. The largest absolute Gasteiger partial charge is 0.322 e. The molecule has 1 heterocycles. The molecule has 1 unspecified atom stereocenters. The number of aromatic nitrogens is 1. The molecule has 6 nitrogen and oxygen atoms in total. The molecule has 0 radical (unpaired) electrons. The summed E-state index contributed by atoms with van der Waals surface area (Å²) in [5.74, 6) is 0. The second-order valence-electron chi connectivity index (χ2n) is 7.04. The van der Waals surface area contributed by atoms with E-state index in [1.165, 1.54) is 12.1 Å². The topological polar surface area (TPSA) is 94.1 Å². The summed E-state index contributed by atoms with van der Waals surface area (Å²) in [4.78, 5) is 14.7. The molecule has 0 spiro atoms. The molecule has 3 N–H and O–H groups in total. The summed E-state index contributed by atoms with van der Waals surface area (Å²) in [7, 11) is 0. The van der Waals surface area contributed by atoms with Crippen molar-refractivity contribution in [3.63, 3.8) is 0 Å². The number of rotatable bonds is 6. The van der Waals surface area contributed by atoms with E-state index in [1.807, 2.05) is 38.1 Å². The van der Waals surface area contributed by atoms with E-state index in [0.29, 0.717) is 11.6 Å². The number of nitrogens with one attached hydrogen (secondary N) is 1. The predicted molar refractivity (Wildman–Crippen MR) is 122 cm³/mol. The van der Waals surface area contributed by atoms with E-state index in [1.54, 1.807) is 18.3 Å². The smallest absolute Gasteiger partial charge is 0.269 e. The van der Waals surface area contributed by atoms with E-state index in [4.69, 9.17) is 17.3 Å². The fourth-order valence-electron chi connectivity index (χ4n) is 2.98. The lowest BCUT2D eigenvalue weighted by Gasteiger charge is -2.34. The summed E-state index contributed by atoms with van der Waals surface area (Å²) >= 11 is 6.06. The van der Waals surface area contributed by atoms with Gasteiger partial charge in [-0.05, 0) is 43.2 Å². The van der Waals surface area contributed by atoms with Gasteiger partial charge in [0.2, 0.25) is 0 Å². The maximum Gasteiger partial charge on any atom is 0.269 e. The van der Waals surface area contributed by atoms with Crippen LogP contribution in [0.1, 0.15) is 31.0 Å². The summed E-state index contributed by atoms with van der Waals surface area (Å²) < 4.78 is 0. The van der Waals surface area contributed by atoms with E-state index >= 15 is 0 Å². The molecular weight excluding hydrogens is 435 g/mol. The van der Waals surface area contributed by atoms with Crippen LogP contribution in [0.3, 0.4) is 0 Å². The molecule has 0 saturated heterocycles. The Bertz CT molecular complexity index is 981. The van der Waals surface area contributed by atoms with Crippen LogP contribution in [0, 0.1) is 10.1 Å². The van der Waals surface area contributed by atoms with Gasteiger partial charge in [0.1, 0.15) is 0 Å². The fraction of sp³-hybridized carbons (Fsp3) is 0.250. The molecule has 3 rings (SSSR count). The van der Waals surface area contributed by atoms with Gasteiger partial charge in [-0.3, -0.25) is 15.1 Å². The highest BCUT2D eigenvalue weighted by atomic mass is 35.5. The van der Waals surface area contributed by atoms with Gasteiger partial charge in [-0.15, -0.1) is 24.8 Å². The van der Waals surface area contributed by atoms with E-state index in [0.717, 1.165) is 22.0 Å². The monoisotopic (exact) mass is 456 g/mol. The van der Waals surface area contributed by atoms with Crippen LogP contribution in [0.15, 0.2) is 54.7 Å². The van der Waals surface area contributed by atoms with Crippen LogP contribution in [0.4, 0.5) is 5.69 Å². The molecule has 0 aliphatic carbocycles. The number of nitrogens with two attached hydrogens (primary N) is 1. The Kier molecular flexibility index (Phi) is 8.81. The SMILES string of the molecule is CC(C)(NCc1ccc([N+](=O)[O-])cc1)C(N)c1ccnc2cc(Cl)ccc12.Cl.Cl. The van der Waals surface area contributed by atoms with E-state index in [9.17, 15) is 10.1 Å². The molecule has 0 bridgehead atoms. The average Bonchev–Trinajstić information content (AvgIpc) is 2.65. The second kappa shape index (κ2) is 10.2. The Morgan fingerprint density at radius 2 is 1.83 bits per heavy atom. The van der Waals surface area contributed by atoms with Gasteiger partial charge < -0.3 is 11.1 Å². The Balaban J connectivity index is 0.00000210. The van der Waals surface area contributed by atoms with Gasteiger partial charge in [0.15, 0.2) is 0 Å². The zero-order valence-corrected chi connectivity index (χ0v) is 18.4. The van der Waals surface area contributed by atoms with Crippen molar-refractivity contribution < 1.29 is 4.92 Å². The van der Waals surface area contributed by atoms with Crippen LogP contribution >= 0.6 is 36.4 Å². The van der Waals surface area contributed by atoms with E-state index in [-0.39, 0.29) is 36.5 Å². The zero-order valence-electron chi connectivity index (χ0n) is 16.0. The van der Waals surface area contributed by atoms with Gasteiger partial charge in [0.25, 0.3) is 5.69 Å². The van der Waals surface area contributed by atoms with Crippen molar-refractivity contribution in [1.29, 1.82) is 0 Å². The molecular formula is C20H23Cl3N4O2. The number of halogens is 3. The molecule has 0 aliphatic heterocycles. The molecule has 9 heteroatoms. The van der Waals surface area contributed by atoms with Crippen molar-refractivity contribution in [3.05, 3.63) is 81.0 Å². The Morgan fingerprint density at radius 3 is 2.45 bits per heavy atom. The number of nitro groups is 1. The lowest BCUT2D eigenvalue weighted by Crippen LogP contribution is -2.48. The van der Waals surface area contributed by atoms with Crippen LogP contribution < -0.4 is 11.1 Å². The molecule has 29 heavy (non-hydrogen) atoms. The van der Waals surface area contributed by atoms with E-state index in [2.05, 4.69) is 10.3 Å². The fourth-order valence-corrected chi connectivity index (χ4v) is 3.15. The molecule has 1 atom stereocenters. The minimum atomic E-state index is -0.421. The third-order valence-electron chi connectivity index (χ3n) is 4.75. The van der Waals surface area contributed by atoms with Crippen LogP contribution in [0.2, 0.25) is 5.02 Å². The number of non-ortho nitro benzene ring substituents is 1. The lowest BCUT2D eigenvalue weighted by atomic mass is 9.87. The van der Waals surface area contributed by atoms with Gasteiger partial charge in [0.05, 0.1) is 10.4 Å². The van der Waals surface area contributed by atoms with Gasteiger partial charge in [-0.1, -0.05) is 29.8 Å². The summed E-state index contributed by atoms with van der Waals surface area (Å²) in [6.45, 7) is 4.62. The zero-order chi connectivity index (χ0) is 19.6. The molecule has 156 valence electrons. The number of fused-ring (bicyclic) bond motifs is 1. The summed E-state index contributed by atoms with van der Waals surface area (Å²) in [6, 6.07) is 13.7. The summed E-state index contributed by atoms with van der Waals surface area (Å²) in [5, 5.41) is 15.8. The Morgan fingerprint density at radius 1 is 1.17 bits per heavy atom. The lowest BCUT2D eigenvalue weighted by molar-refractivity contribution is -0.384. The van der Waals surface area contributed by atoms with Gasteiger partial charge in [0, 0.05) is 46.9 Å². The summed E-state index contributed by atoms with van der Waals surface area (Å²) in [5.41, 5.74) is 8.99. The number of nitrogens with zero attached hydrogens (tertiary/aromatic N) is 2. The van der Waals surface area contributed by atoms with Gasteiger partial charge >= 0.3 is 0 Å². The molecule has 1 aromatic heterocycles. The van der Waals surface area contributed by atoms with Crippen molar-refractivity contribution in [2.24, 2.45) is 5.73 Å². The molecule has 0 aliphatic rings. The quantitative estimate of drug-likeness (QED) is 0.391.